The highest BCUT2D eigenvalue weighted by atomic mass is 35.5. The van der Waals surface area contributed by atoms with E-state index < -0.39 is 0 Å². The van der Waals surface area contributed by atoms with E-state index in [1.807, 2.05) is 38.1 Å². The first-order valence-electron chi connectivity index (χ1n) is 7.15. The fourth-order valence-corrected chi connectivity index (χ4v) is 2.05. The third kappa shape index (κ3) is 6.74. The van der Waals surface area contributed by atoms with Crippen LogP contribution in [0.15, 0.2) is 63.8 Å². The lowest BCUT2D eigenvalue weighted by atomic mass is 10.1. The van der Waals surface area contributed by atoms with Crippen LogP contribution < -0.4 is 11.2 Å². The van der Waals surface area contributed by atoms with Crippen LogP contribution in [-0.4, -0.2) is 17.4 Å². The number of hydrogen-bond donors (Lipinski definition) is 2. The van der Waals surface area contributed by atoms with Crippen LogP contribution in [-0.2, 0) is 0 Å². The van der Waals surface area contributed by atoms with E-state index in [-0.39, 0.29) is 18.4 Å². The maximum Gasteiger partial charge on any atom is 0.234 e. The summed E-state index contributed by atoms with van der Waals surface area (Å²) in [6.45, 7) is 3.69. The number of halogens is 3. The number of guanidine groups is 1. The monoisotopic (exact) mass is 397 g/mol. The summed E-state index contributed by atoms with van der Waals surface area (Å²) in [6, 6.07) is 14.7. The predicted molar refractivity (Wildman–Crippen MR) is 109 cm³/mol. The lowest BCUT2D eigenvalue weighted by Crippen LogP contribution is -2.27. The second-order valence-electron chi connectivity index (χ2n) is 4.99. The molecule has 0 aliphatic heterocycles. The molecule has 0 heterocycles. The van der Waals surface area contributed by atoms with Gasteiger partial charge >= 0.3 is 0 Å². The molecular weight excluding hydrogens is 381 g/mol. The Morgan fingerprint density at radius 3 is 1.72 bits per heavy atom. The molecule has 2 rings (SSSR count). The molecule has 0 bridgehead atoms. The summed E-state index contributed by atoms with van der Waals surface area (Å²) in [5.74, 6) is 0.0941. The zero-order valence-electron chi connectivity index (χ0n) is 13.7. The quantitative estimate of drug-likeness (QED) is 0.453. The van der Waals surface area contributed by atoms with Gasteiger partial charge in [0.25, 0.3) is 0 Å². The molecule has 0 aliphatic rings. The molecule has 0 unspecified atom stereocenters. The molecule has 132 valence electrons. The zero-order valence-corrected chi connectivity index (χ0v) is 16.0. The van der Waals surface area contributed by atoms with Crippen molar-refractivity contribution in [3.05, 3.63) is 69.7 Å². The van der Waals surface area contributed by atoms with Gasteiger partial charge in [-0.15, -0.1) is 17.5 Å². The largest absolute Gasteiger partial charge is 0.367 e. The molecular formula is C17H18Cl3N5. The molecule has 0 amide bonds. The number of benzene rings is 2. The van der Waals surface area contributed by atoms with Gasteiger partial charge in [0.2, 0.25) is 5.96 Å². The van der Waals surface area contributed by atoms with Crippen molar-refractivity contribution in [2.24, 2.45) is 21.0 Å². The topological polar surface area (TPSA) is 75.1 Å². The number of hydrogen-bond acceptors (Lipinski definition) is 3. The van der Waals surface area contributed by atoms with Crippen molar-refractivity contribution in [2.45, 2.75) is 13.8 Å². The first kappa shape index (κ1) is 21.0. The summed E-state index contributed by atoms with van der Waals surface area (Å²) in [6.07, 6.45) is 0. The van der Waals surface area contributed by atoms with Gasteiger partial charge in [-0.05, 0) is 49.2 Å². The average Bonchev–Trinajstić information content (AvgIpc) is 2.58. The first-order valence-corrected chi connectivity index (χ1v) is 7.91. The lowest BCUT2D eigenvalue weighted by Gasteiger charge is -2.03. The Hall–Kier alpha value is -2.08. The van der Waals surface area contributed by atoms with E-state index in [1.54, 1.807) is 24.3 Å². The molecule has 25 heavy (non-hydrogen) atoms. The van der Waals surface area contributed by atoms with Gasteiger partial charge in [0.05, 0.1) is 11.4 Å². The van der Waals surface area contributed by atoms with Crippen LogP contribution in [0.2, 0.25) is 10.0 Å². The molecule has 0 radical (unpaired) electrons. The van der Waals surface area contributed by atoms with E-state index >= 15 is 0 Å². The highest BCUT2D eigenvalue weighted by Gasteiger charge is 1.99. The Bertz CT molecular complexity index is 781. The van der Waals surface area contributed by atoms with E-state index in [0.29, 0.717) is 10.0 Å². The minimum absolute atomic E-state index is 0. The van der Waals surface area contributed by atoms with Gasteiger partial charge < -0.3 is 5.73 Å². The standard InChI is InChI=1S/C17H17Cl2N5.ClH/c1-11(13-3-7-15(18)8-4-13)21-23-17(20)24-22-12(2)14-5-9-16(19)10-6-14;/h3-10H,1-2H3,(H3,20,23,24);1H/b21-11+,22-12+;. The molecule has 0 aliphatic carbocycles. The summed E-state index contributed by atoms with van der Waals surface area (Å²) >= 11 is 11.7. The van der Waals surface area contributed by atoms with Crippen molar-refractivity contribution in [3.8, 4) is 0 Å². The summed E-state index contributed by atoms with van der Waals surface area (Å²) < 4.78 is 0. The number of hydrazone groups is 1. The van der Waals surface area contributed by atoms with Gasteiger partial charge in [-0.1, -0.05) is 47.5 Å². The molecule has 8 heteroatoms. The molecule has 0 aromatic heterocycles. The predicted octanol–water partition coefficient (Wildman–Crippen LogP) is 4.47. The Morgan fingerprint density at radius 1 is 0.800 bits per heavy atom. The van der Waals surface area contributed by atoms with Crippen LogP contribution in [0.1, 0.15) is 25.0 Å². The van der Waals surface area contributed by atoms with Crippen molar-refractivity contribution in [3.63, 3.8) is 0 Å². The third-order valence-corrected chi connectivity index (χ3v) is 3.67. The van der Waals surface area contributed by atoms with Gasteiger partial charge in [-0.25, -0.2) is 5.43 Å². The Balaban J connectivity index is 0.00000312. The fourth-order valence-electron chi connectivity index (χ4n) is 1.80. The van der Waals surface area contributed by atoms with Crippen molar-refractivity contribution in [2.75, 3.05) is 0 Å². The Morgan fingerprint density at radius 2 is 1.24 bits per heavy atom. The summed E-state index contributed by atoms with van der Waals surface area (Å²) in [5.41, 5.74) is 11.7. The number of nitrogens with one attached hydrogen (secondary N) is 1. The number of nitrogens with two attached hydrogens (primary N) is 1. The second-order valence-corrected chi connectivity index (χ2v) is 5.87. The van der Waals surface area contributed by atoms with E-state index in [9.17, 15) is 0 Å². The number of nitrogens with zero attached hydrogens (tertiary/aromatic N) is 3. The van der Waals surface area contributed by atoms with Crippen LogP contribution >= 0.6 is 35.6 Å². The molecule has 3 N–H and O–H groups in total. The molecule has 0 atom stereocenters. The first-order chi connectivity index (χ1) is 11.5. The van der Waals surface area contributed by atoms with Crippen LogP contribution in [0.25, 0.3) is 0 Å². The van der Waals surface area contributed by atoms with Crippen LogP contribution in [0.5, 0.6) is 0 Å². The Kier molecular flexibility index (Phi) is 8.41. The lowest BCUT2D eigenvalue weighted by molar-refractivity contribution is 0.983. The summed E-state index contributed by atoms with van der Waals surface area (Å²) in [4.78, 5) is 0. The summed E-state index contributed by atoms with van der Waals surface area (Å²) in [5, 5.41) is 13.5. The molecule has 0 saturated heterocycles. The van der Waals surface area contributed by atoms with Crippen LogP contribution in [0.4, 0.5) is 0 Å². The van der Waals surface area contributed by atoms with Crippen LogP contribution in [0, 0.1) is 0 Å². The van der Waals surface area contributed by atoms with Gasteiger partial charge in [0.1, 0.15) is 0 Å². The minimum atomic E-state index is 0. The van der Waals surface area contributed by atoms with Gasteiger partial charge in [0, 0.05) is 10.0 Å². The average molecular weight is 399 g/mol. The van der Waals surface area contributed by atoms with Crippen molar-refractivity contribution in [1.29, 1.82) is 0 Å². The van der Waals surface area contributed by atoms with E-state index in [0.717, 1.165) is 22.6 Å². The van der Waals surface area contributed by atoms with Gasteiger partial charge in [-0.2, -0.15) is 10.2 Å². The van der Waals surface area contributed by atoms with E-state index in [2.05, 4.69) is 20.7 Å². The highest BCUT2D eigenvalue weighted by Crippen LogP contribution is 2.11. The normalized spacial score (nSPS) is 12.6. The molecule has 2 aromatic rings. The van der Waals surface area contributed by atoms with Crippen molar-refractivity contribution >= 4 is 53.0 Å². The molecule has 5 nitrogen and oxygen atoms in total. The SMILES string of the molecule is C/C(=N\N=C(N)N/N=C(\C)c1ccc(Cl)cc1)c1ccc(Cl)cc1.Cl. The molecule has 0 saturated carbocycles. The number of rotatable bonds is 4. The van der Waals surface area contributed by atoms with Crippen molar-refractivity contribution < 1.29 is 0 Å². The molecule has 2 aromatic carbocycles. The third-order valence-electron chi connectivity index (χ3n) is 3.17. The van der Waals surface area contributed by atoms with E-state index in [1.165, 1.54) is 0 Å². The zero-order chi connectivity index (χ0) is 17.5. The van der Waals surface area contributed by atoms with Gasteiger partial charge in [-0.3, -0.25) is 0 Å². The minimum Gasteiger partial charge on any atom is -0.367 e. The second kappa shape index (κ2) is 10.0. The van der Waals surface area contributed by atoms with E-state index in [4.69, 9.17) is 28.9 Å². The van der Waals surface area contributed by atoms with Crippen molar-refractivity contribution in [1.82, 2.24) is 5.43 Å². The fraction of sp³-hybridized carbons (Fsp3) is 0.118. The Labute approximate surface area is 163 Å². The highest BCUT2D eigenvalue weighted by molar-refractivity contribution is 6.31. The molecule has 0 fully saturated rings. The maximum absolute atomic E-state index is 5.86. The summed E-state index contributed by atoms with van der Waals surface area (Å²) in [7, 11) is 0. The molecule has 0 spiro atoms. The smallest absolute Gasteiger partial charge is 0.234 e. The maximum atomic E-state index is 5.86. The van der Waals surface area contributed by atoms with Crippen LogP contribution in [0.3, 0.4) is 0 Å². The van der Waals surface area contributed by atoms with Gasteiger partial charge in [0.15, 0.2) is 0 Å².